The van der Waals surface area contributed by atoms with Gasteiger partial charge in [0.25, 0.3) is 5.82 Å². The largest absolute Gasteiger partial charge is 0.433 e. The molecule has 2 aromatic rings. The number of alkyl halides is 2. The van der Waals surface area contributed by atoms with Crippen LogP contribution in [0.2, 0.25) is 0 Å². The normalized spacial score (nSPS) is 11.3. The van der Waals surface area contributed by atoms with Crippen molar-refractivity contribution in [1.29, 1.82) is 10.5 Å². The molecule has 10 heteroatoms. The Morgan fingerprint density at radius 1 is 1.30 bits per heavy atom. The number of ether oxygens (including phenoxy) is 1. The summed E-state index contributed by atoms with van der Waals surface area (Å²) in [6.07, 6.45) is 0. The van der Waals surface area contributed by atoms with Gasteiger partial charge in [-0.15, -0.1) is 0 Å². The second-order valence-corrected chi connectivity index (χ2v) is 6.54. The molecule has 0 fully saturated rings. The number of para-hydroxylation sites is 2. The third kappa shape index (κ3) is 5.06. The Hall–Kier alpha value is -3.37. The molecule has 0 aliphatic rings. The number of nitrogen functional groups attached to an aromatic ring is 1. The molecule has 2 rings (SSSR count). The van der Waals surface area contributed by atoms with Crippen molar-refractivity contribution < 1.29 is 23.3 Å². The van der Waals surface area contributed by atoms with E-state index >= 15 is 0 Å². The zero-order valence-electron chi connectivity index (χ0n) is 14.0. The summed E-state index contributed by atoms with van der Waals surface area (Å²) >= 11 is 1.01. The summed E-state index contributed by atoms with van der Waals surface area (Å²) in [7, 11) is 0. The fourth-order valence-electron chi connectivity index (χ4n) is 2.05. The van der Waals surface area contributed by atoms with Crippen LogP contribution >= 0.6 is 11.8 Å². The van der Waals surface area contributed by atoms with Crippen LogP contribution in [0.5, 0.6) is 5.75 Å². The summed E-state index contributed by atoms with van der Waals surface area (Å²) in [4.78, 5) is 15.1. The summed E-state index contributed by atoms with van der Waals surface area (Å²) in [5.74, 6) is -0.585. The lowest BCUT2D eigenvalue weighted by molar-refractivity contribution is -0.410. The van der Waals surface area contributed by atoms with Gasteiger partial charge in [-0.1, -0.05) is 23.9 Å². The molecule has 4 N–H and O–H groups in total. The van der Waals surface area contributed by atoms with Crippen molar-refractivity contribution in [2.45, 2.75) is 23.8 Å². The van der Waals surface area contributed by atoms with Crippen LogP contribution in [-0.4, -0.2) is 17.8 Å². The number of nitrogens with two attached hydrogens (primary N) is 1. The number of pyridine rings is 1. The number of nitrogens with one attached hydrogen (secondary N) is 2. The lowest BCUT2D eigenvalue weighted by atomic mass is 10.2. The molecule has 27 heavy (non-hydrogen) atoms. The fourth-order valence-corrected chi connectivity index (χ4v) is 2.97. The second-order valence-electron chi connectivity index (χ2n) is 5.19. The van der Waals surface area contributed by atoms with E-state index in [1.54, 1.807) is 13.0 Å². The average molecular weight is 390 g/mol. The molecule has 0 spiro atoms. The molecule has 1 aromatic carbocycles. The first kappa shape index (κ1) is 19.9. The van der Waals surface area contributed by atoms with Crippen molar-refractivity contribution in [3.05, 3.63) is 41.5 Å². The van der Waals surface area contributed by atoms with Crippen LogP contribution in [-0.2, 0) is 4.79 Å². The number of nitriles is 2. The minimum Gasteiger partial charge on any atom is -0.433 e. The van der Waals surface area contributed by atoms with Gasteiger partial charge < -0.3 is 10.1 Å². The van der Waals surface area contributed by atoms with Crippen LogP contribution in [0.15, 0.2) is 35.4 Å². The minimum atomic E-state index is -3.02. The summed E-state index contributed by atoms with van der Waals surface area (Å²) in [5, 5.41) is 20.3. The van der Waals surface area contributed by atoms with Crippen LogP contribution in [0.25, 0.3) is 0 Å². The van der Waals surface area contributed by atoms with Gasteiger partial charge in [-0.25, -0.2) is 4.98 Å². The van der Waals surface area contributed by atoms with Crippen molar-refractivity contribution in [1.82, 2.24) is 0 Å². The number of hydrogen-bond donors (Lipinski definition) is 2. The molecular formula is C17H14F2N5O2S+. The Morgan fingerprint density at radius 3 is 2.59 bits per heavy atom. The lowest BCUT2D eigenvalue weighted by Gasteiger charge is -2.14. The summed E-state index contributed by atoms with van der Waals surface area (Å²) < 4.78 is 29.3. The summed E-state index contributed by atoms with van der Waals surface area (Å²) in [5.41, 5.74) is 6.08. The number of hydrogen-bond acceptors (Lipinski definition) is 6. The number of thioether (sulfide) groups is 1. The van der Waals surface area contributed by atoms with E-state index in [4.69, 9.17) is 11.0 Å². The Kier molecular flexibility index (Phi) is 6.52. The third-order valence-corrected chi connectivity index (χ3v) is 4.46. The highest BCUT2D eigenvalue weighted by molar-refractivity contribution is 8.00. The number of halogens is 2. The van der Waals surface area contributed by atoms with Gasteiger partial charge in [0.05, 0.1) is 10.9 Å². The molecule has 0 saturated heterocycles. The maximum Gasteiger partial charge on any atom is 0.387 e. The average Bonchev–Trinajstić information content (AvgIpc) is 2.63. The fraction of sp³-hybridized carbons (Fsp3) is 0.176. The maximum absolute atomic E-state index is 12.5. The first-order chi connectivity index (χ1) is 12.8. The van der Waals surface area contributed by atoms with Gasteiger partial charge in [-0.3, -0.25) is 10.5 Å². The van der Waals surface area contributed by atoms with E-state index in [0.29, 0.717) is 5.03 Å². The minimum absolute atomic E-state index is 0.0716. The number of rotatable bonds is 6. The van der Waals surface area contributed by atoms with Crippen LogP contribution in [0.3, 0.4) is 0 Å². The number of H-pyrrole nitrogens is 1. The van der Waals surface area contributed by atoms with E-state index in [0.717, 1.165) is 11.8 Å². The van der Waals surface area contributed by atoms with Crippen molar-refractivity contribution in [3.63, 3.8) is 0 Å². The first-order valence-corrected chi connectivity index (χ1v) is 8.41. The molecule has 7 nitrogen and oxygen atoms in total. The highest BCUT2D eigenvalue weighted by Gasteiger charge is 2.22. The second kappa shape index (κ2) is 8.83. The molecule has 0 aliphatic carbocycles. The number of amides is 1. The molecule has 0 bridgehead atoms. The zero-order valence-corrected chi connectivity index (χ0v) is 14.8. The van der Waals surface area contributed by atoms with Gasteiger partial charge in [0.1, 0.15) is 29.0 Å². The number of aromatic nitrogens is 1. The topological polar surface area (TPSA) is 126 Å². The van der Waals surface area contributed by atoms with E-state index in [-0.39, 0.29) is 28.4 Å². The predicted molar refractivity (Wildman–Crippen MR) is 93.9 cm³/mol. The first-order valence-electron chi connectivity index (χ1n) is 7.53. The molecule has 0 saturated carbocycles. The highest BCUT2D eigenvalue weighted by Crippen LogP contribution is 2.28. The predicted octanol–water partition coefficient (Wildman–Crippen LogP) is 2.55. The quantitative estimate of drug-likeness (QED) is 0.730. The molecule has 0 radical (unpaired) electrons. The van der Waals surface area contributed by atoms with Crippen LogP contribution in [0.4, 0.5) is 20.3 Å². The zero-order chi connectivity index (χ0) is 20.0. The monoisotopic (exact) mass is 390 g/mol. The van der Waals surface area contributed by atoms with Crippen LogP contribution in [0.1, 0.15) is 18.1 Å². The van der Waals surface area contributed by atoms with Crippen LogP contribution < -0.4 is 20.8 Å². The number of aromatic amines is 1. The van der Waals surface area contributed by atoms with Crippen molar-refractivity contribution in [2.24, 2.45) is 0 Å². The number of benzene rings is 1. The lowest BCUT2D eigenvalue weighted by Crippen LogP contribution is -2.25. The maximum atomic E-state index is 12.5. The smallest absolute Gasteiger partial charge is 0.387 e. The van der Waals surface area contributed by atoms with Crippen molar-refractivity contribution in [2.75, 3.05) is 11.1 Å². The van der Waals surface area contributed by atoms with Gasteiger partial charge in [-0.2, -0.15) is 19.3 Å². The standard InChI is InChI=1S/C17H13F2N5O2S/c1-9(27-16-11(8-21)6-10(7-20)14(22)24-16)15(25)23-12-4-2-3-5-13(12)26-17(18)19/h2-6,9,17H,1H3,(H2,22,24)(H,23,25)/p+1/t9-/m1/s1. The van der Waals surface area contributed by atoms with E-state index in [2.05, 4.69) is 15.0 Å². The molecule has 138 valence electrons. The molecule has 1 aromatic heterocycles. The number of carbonyl (C=O) groups excluding carboxylic acids is 1. The highest BCUT2D eigenvalue weighted by atomic mass is 32.2. The summed E-state index contributed by atoms with van der Waals surface area (Å²) in [6.45, 7) is -1.45. The van der Waals surface area contributed by atoms with Gasteiger partial charge in [-0.05, 0) is 25.1 Å². The van der Waals surface area contributed by atoms with E-state index in [1.165, 1.54) is 24.3 Å². The van der Waals surface area contributed by atoms with E-state index in [1.807, 2.05) is 12.1 Å². The van der Waals surface area contributed by atoms with Gasteiger partial charge in [0.15, 0.2) is 5.03 Å². The molecule has 1 atom stereocenters. The Balaban J connectivity index is 2.17. The van der Waals surface area contributed by atoms with Crippen molar-refractivity contribution in [3.8, 4) is 17.9 Å². The number of carbonyl (C=O) groups is 1. The molecular weight excluding hydrogens is 376 g/mol. The SMILES string of the molecule is C[C@@H](Sc1[nH+]c(N)c(C#N)cc1C#N)C(=O)Nc1ccccc1OC(F)F. The Labute approximate surface area is 157 Å². The summed E-state index contributed by atoms with van der Waals surface area (Å²) in [6, 6.07) is 10.9. The van der Waals surface area contributed by atoms with Gasteiger partial charge in [0, 0.05) is 0 Å². The molecule has 0 aliphatic heterocycles. The Morgan fingerprint density at radius 2 is 1.96 bits per heavy atom. The van der Waals surface area contributed by atoms with Crippen molar-refractivity contribution >= 4 is 29.2 Å². The number of nitrogens with zero attached hydrogens (tertiary/aromatic N) is 2. The van der Waals surface area contributed by atoms with Crippen LogP contribution in [0, 0.1) is 22.7 Å². The molecule has 1 amide bonds. The number of anilines is 2. The molecule has 0 unspecified atom stereocenters. The van der Waals surface area contributed by atoms with Gasteiger partial charge >= 0.3 is 6.61 Å². The van der Waals surface area contributed by atoms with Gasteiger partial charge in [0.2, 0.25) is 5.91 Å². The van der Waals surface area contributed by atoms with E-state index < -0.39 is 17.8 Å². The Bertz CT molecular complexity index is 940. The van der Waals surface area contributed by atoms with E-state index in [9.17, 15) is 18.8 Å². The molecule has 1 heterocycles. The third-order valence-electron chi connectivity index (χ3n) is 3.34.